The van der Waals surface area contributed by atoms with E-state index in [2.05, 4.69) is 5.16 Å². The summed E-state index contributed by atoms with van der Waals surface area (Å²) in [5.74, 6) is 1.15. The fourth-order valence-corrected chi connectivity index (χ4v) is 3.20. The van der Waals surface area contributed by atoms with Crippen molar-refractivity contribution >= 4 is 16.2 Å². The average molecular weight is 378 g/mol. The van der Waals surface area contributed by atoms with E-state index in [1.165, 1.54) is 24.6 Å². The third kappa shape index (κ3) is 4.53. The van der Waals surface area contributed by atoms with Crippen LogP contribution in [0.3, 0.4) is 0 Å². The van der Waals surface area contributed by atoms with Crippen molar-refractivity contribution in [1.82, 2.24) is 4.31 Å². The molecule has 0 amide bonds. The fraction of sp³-hybridized carbons (Fsp3) is 0.278. The third-order valence-corrected chi connectivity index (χ3v) is 5.42. The summed E-state index contributed by atoms with van der Waals surface area (Å²) in [6.45, 7) is 0.138. The van der Waals surface area contributed by atoms with Crippen molar-refractivity contribution in [2.24, 2.45) is 5.16 Å². The number of hydrogen-bond donors (Lipinski definition) is 0. The van der Waals surface area contributed by atoms with E-state index in [-0.39, 0.29) is 11.5 Å². The first-order valence-electron chi connectivity index (χ1n) is 7.78. The van der Waals surface area contributed by atoms with Gasteiger partial charge in [0.15, 0.2) is 11.5 Å². The van der Waals surface area contributed by atoms with Gasteiger partial charge in [0.25, 0.3) is 0 Å². The van der Waals surface area contributed by atoms with Crippen LogP contribution in [0.2, 0.25) is 0 Å². The van der Waals surface area contributed by atoms with Gasteiger partial charge in [-0.2, -0.15) is 0 Å². The van der Waals surface area contributed by atoms with Gasteiger partial charge < -0.3 is 14.3 Å². The second-order valence-corrected chi connectivity index (χ2v) is 7.68. The molecule has 0 bridgehead atoms. The maximum Gasteiger partial charge on any atom is 0.242 e. The molecule has 0 saturated heterocycles. The Kier molecular flexibility index (Phi) is 6.59. The van der Waals surface area contributed by atoms with E-state index in [4.69, 9.17) is 14.3 Å². The molecule has 0 heterocycles. The minimum absolute atomic E-state index is 0.138. The molecule has 0 fully saturated rings. The largest absolute Gasteiger partial charge is 0.493 e. The lowest BCUT2D eigenvalue weighted by atomic mass is 10.2. The van der Waals surface area contributed by atoms with Crippen LogP contribution in [-0.2, 0) is 21.5 Å². The summed E-state index contributed by atoms with van der Waals surface area (Å²) in [6.07, 6.45) is 1.52. The molecule has 0 aliphatic carbocycles. The first kappa shape index (κ1) is 19.7. The number of ether oxygens (including phenoxy) is 2. The van der Waals surface area contributed by atoms with Gasteiger partial charge in [-0.25, -0.2) is 12.7 Å². The zero-order valence-electron chi connectivity index (χ0n) is 15.2. The summed E-state index contributed by atoms with van der Waals surface area (Å²) in [7, 11) is 2.61. The van der Waals surface area contributed by atoms with Gasteiger partial charge in [-0.15, -0.1) is 0 Å². The van der Waals surface area contributed by atoms with Gasteiger partial charge in [0.05, 0.1) is 25.3 Å². The van der Waals surface area contributed by atoms with Gasteiger partial charge in [0, 0.05) is 19.7 Å². The lowest BCUT2D eigenvalue weighted by Gasteiger charge is -2.12. The van der Waals surface area contributed by atoms with Crippen molar-refractivity contribution in [3.8, 4) is 11.5 Å². The summed E-state index contributed by atoms with van der Waals surface area (Å²) in [5, 5.41) is 3.93. The Morgan fingerprint density at radius 3 is 2.46 bits per heavy atom. The van der Waals surface area contributed by atoms with Gasteiger partial charge in [-0.3, -0.25) is 0 Å². The Labute approximate surface area is 153 Å². The molecule has 0 atom stereocenters. The highest BCUT2D eigenvalue weighted by atomic mass is 32.2. The molecule has 8 heteroatoms. The number of hydrogen-bond acceptors (Lipinski definition) is 6. The van der Waals surface area contributed by atoms with E-state index in [9.17, 15) is 8.42 Å². The normalized spacial score (nSPS) is 11.7. The summed E-state index contributed by atoms with van der Waals surface area (Å²) in [5.41, 5.74) is 1.40. The van der Waals surface area contributed by atoms with Crippen LogP contribution in [-0.4, -0.2) is 47.3 Å². The number of para-hydroxylation sites is 1. The highest BCUT2D eigenvalue weighted by Crippen LogP contribution is 2.29. The number of rotatable bonds is 8. The minimum atomic E-state index is -3.48. The molecule has 2 aromatic rings. The molecular formula is C18H22N2O5S. The molecule has 0 spiro atoms. The lowest BCUT2D eigenvalue weighted by Crippen LogP contribution is -2.22. The molecule has 7 nitrogen and oxygen atoms in total. The van der Waals surface area contributed by atoms with Gasteiger partial charge >= 0.3 is 0 Å². The van der Waals surface area contributed by atoms with Crippen molar-refractivity contribution in [1.29, 1.82) is 0 Å². The molecule has 26 heavy (non-hydrogen) atoms. The van der Waals surface area contributed by atoms with Crippen LogP contribution in [0.15, 0.2) is 52.5 Å². The number of oxime groups is 1. The van der Waals surface area contributed by atoms with Crippen LogP contribution in [0, 0.1) is 0 Å². The van der Waals surface area contributed by atoms with Crippen molar-refractivity contribution in [3.05, 3.63) is 53.6 Å². The second-order valence-electron chi connectivity index (χ2n) is 5.53. The van der Waals surface area contributed by atoms with Gasteiger partial charge in [-0.05, 0) is 29.8 Å². The molecule has 0 aliphatic rings. The smallest absolute Gasteiger partial charge is 0.242 e. The van der Waals surface area contributed by atoms with E-state index in [0.717, 1.165) is 0 Å². The zero-order chi connectivity index (χ0) is 19.2. The average Bonchev–Trinajstić information content (AvgIpc) is 2.64. The Bertz CT molecular complexity index is 879. The molecule has 0 saturated carbocycles. The molecule has 0 aliphatic heterocycles. The van der Waals surface area contributed by atoms with Crippen LogP contribution in [0.5, 0.6) is 11.5 Å². The SMILES string of the molecule is COc1cccc(/C=N/OCc2cccc(S(=O)(=O)N(C)C)c2)c1OC. The number of nitrogens with zero attached hydrogens (tertiary/aromatic N) is 2. The van der Waals surface area contributed by atoms with Gasteiger partial charge in [-0.1, -0.05) is 23.4 Å². The number of methoxy groups -OCH3 is 2. The monoisotopic (exact) mass is 378 g/mol. The summed E-state index contributed by atoms with van der Waals surface area (Å²) in [6, 6.07) is 12.0. The summed E-state index contributed by atoms with van der Waals surface area (Å²) < 4.78 is 36.0. The van der Waals surface area contributed by atoms with E-state index >= 15 is 0 Å². The topological polar surface area (TPSA) is 77.4 Å². The van der Waals surface area contributed by atoms with E-state index in [0.29, 0.717) is 22.6 Å². The molecule has 0 unspecified atom stereocenters. The Morgan fingerprint density at radius 2 is 1.81 bits per heavy atom. The highest BCUT2D eigenvalue weighted by molar-refractivity contribution is 7.89. The predicted molar refractivity (Wildman–Crippen MR) is 99.2 cm³/mol. The maximum absolute atomic E-state index is 12.2. The first-order valence-corrected chi connectivity index (χ1v) is 9.22. The van der Waals surface area contributed by atoms with Crippen molar-refractivity contribution in [3.63, 3.8) is 0 Å². The molecule has 2 rings (SSSR count). The van der Waals surface area contributed by atoms with Gasteiger partial charge in [0.1, 0.15) is 6.61 Å². The number of sulfonamides is 1. The Morgan fingerprint density at radius 1 is 1.08 bits per heavy atom. The van der Waals surface area contributed by atoms with Crippen molar-refractivity contribution in [2.45, 2.75) is 11.5 Å². The molecule has 0 N–H and O–H groups in total. The molecule has 140 valence electrons. The molecule has 2 aromatic carbocycles. The van der Waals surface area contributed by atoms with E-state index in [1.807, 2.05) is 12.1 Å². The molecular weight excluding hydrogens is 356 g/mol. The second kappa shape index (κ2) is 8.68. The Hall–Kier alpha value is -2.58. The Balaban J connectivity index is 2.08. The van der Waals surface area contributed by atoms with Crippen molar-refractivity contribution in [2.75, 3.05) is 28.3 Å². The summed E-state index contributed by atoms with van der Waals surface area (Å²) >= 11 is 0. The van der Waals surface area contributed by atoms with Crippen LogP contribution in [0.25, 0.3) is 0 Å². The van der Waals surface area contributed by atoms with Crippen molar-refractivity contribution < 1.29 is 22.7 Å². The maximum atomic E-state index is 12.2. The van der Waals surface area contributed by atoms with Crippen LogP contribution in [0.1, 0.15) is 11.1 Å². The van der Waals surface area contributed by atoms with Crippen LogP contribution < -0.4 is 9.47 Å². The summed E-state index contributed by atoms with van der Waals surface area (Å²) in [4.78, 5) is 5.50. The van der Waals surface area contributed by atoms with E-state index in [1.54, 1.807) is 44.6 Å². The lowest BCUT2D eigenvalue weighted by molar-refractivity contribution is 0.132. The van der Waals surface area contributed by atoms with Gasteiger partial charge in [0.2, 0.25) is 10.0 Å². The third-order valence-electron chi connectivity index (χ3n) is 3.61. The minimum Gasteiger partial charge on any atom is -0.493 e. The number of benzene rings is 2. The van der Waals surface area contributed by atoms with Crippen LogP contribution >= 0.6 is 0 Å². The van der Waals surface area contributed by atoms with Crippen LogP contribution in [0.4, 0.5) is 0 Å². The molecule has 0 radical (unpaired) electrons. The predicted octanol–water partition coefficient (Wildman–Crippen LogP) is 2.50. The standard InChI is InChI=1S/C18H22N2O5S/c1-20(2)26(21,22)16-9-5-7-14(11-16)13-25-19-12-15-8-6-10-17(23-3)18(15)24-4/h5-12H,13H2,1-4H3/b19-12+. The fourth-order valence-electron chi connectivity index (χ4n) is 2.23. The quantitative estimate of drug-likeness (QED) is 0.521. The molecule has 0 aromatic heterocycles. The van der Waals surface area contributed by atoms with E-state index < -0.39 is 10.0 Å². The zero-order valence-corrected chi connectivity index (χ0v) is 16.0. The first-order chi connectivity index (χ1) is 12.4. The highest BCUT2D eigenvalue weighted by Gasteiger charge is 2.17.